The second kappa shape index (κ2) is 7.66. The Balaban J connectivity index is 2.00. The van der Waals surface area contributed by atoms with Crippen LogP contribution in [0.15, 0.2) is 70.1 Å². The van der Waals surface area contributed by atoms with Gasteiger partial charge < -0.3 is 0 Å². The molecule has 0 saturated heterocycles. The van der Waals surface area contributed by atoms with Crippen molar-refractivity contribution in [2.45, 2.75) is 0 Å². The van der Waals surface area contributed by atoms with E-state index in [1.54, 1.807) is 36.5 Å². The molecule has 138 valence electrons. The van der Waals surface area contributed by atoms with Gasteiger partial charge in [0.05, 0.1) is 27.3 Å². The number of benzene rings is 2. The normalized spacial score (nSPS) is 11.4. The molecule has 4 nitrogen and oxygen atoms in total. The van der Waals surface area contributed by atoms with Gasteiger partial charge in [-0.3, -0.25) is 14.3 Å². The van der Waals surface area contributed by atoms with Crippen LogP contribution in [0.4, 0.5) is 4.39 Å². The number of hydrogen-bond donors (Lipinski definition) is 0. The zero-order chi connectivity index (χ0) is 19.7. The van der Waals surface area contributed by atoms with Gasteiger partial charge in [-0.15, -0.1) is 0 Å². The van der Waals surface area contributed by atoms with Crippen molar-refractivity contribution in [2.24, 2.45) is 0 Å². The van der Waals surface area contributed by atoms with Crippen LogP contribution in [0.25, 0.3) is 28.7 Å². The van der Waals surface area contributed by atoms with E-state index in [9.17, 15) is 9.18 Å². The quantitative estimate of drug-likeness (QED) is 0.409. The Bertz CT molecular complexity index is 1270. The van der Waals surface area contributed by atoms with E-state index in [0.717, 1.165) is 4.47 Å². The highest BCUT2D eigenvalue weighted by Gasteiger charge is 2.14. The van der Waals surface area contributed by atoms with Crippen molar-refractivity contribution in [3.05, 3.63) is 98.0 Å². The molecule has 2 aromatic heterocycles. The van der Waals surface area contributed by atoms with E-state index >= 15 is 0 Å². The summed E-state index contributed by atoms with van der Waals surface area (Å²) in [6.07, 6.45) is 5.11. The molecular formula is C21H12BrClFN3O. The van der Waals surface area contributed by atoms with Gasteiger partial charge in [-0.25, -0.2) is 9.37 Å². The van der Waals surface area contributed by atoms with Crippen molar-refractivity contribution >= 4 is 50.6 Å². The monoisotopic (exact) mass is 455 g/mol. The summed E-state index contributed by atoms with van der Waals surface area (Å²) in [5, 5.41) is 0.537. The van der Waals surface area contributed by atoms with Gasteiger partial charge in [-0.2, -0.15) is 0 Å². The van der Waals surface area contributed by atoms with Crippen LogP contribution in [0, 0.1) is 5.82 Å². The maximum Gasteiger partial charge on any atom is 0.266 e. The summed E-state index contributed by atoms with van der Waals surface area (Å²) in [7, 11) is 0. The third kappa shape index (κ3) is 3.61. The smallest absolute Gasteiger partial charge is 0.266 e. The van der Waals surface area contributed by atoms with E-state index in [0.29, 0.717) is 27.7 Å². The standard InChI is InChI=1S/C21H12BrClFN3O/c22-13-4-8-19(17(23)11-13)27-20(9-6-15-3-1-2-10-25-15)26-18-7-5-14(24)12-16(18)21(27)28/h1-12H. The Hall–Kier alpha value is -2.83. The van der Waals surface area contributed by atoms with Crippen LogP contribution >= 0.6 is 27.5 Å². The van der Waals surface area contributed by atoms with Gasteiger partial charge in [0.15, 0.2) is 0 Å². The van der Waals surface area contributed by atoms with Gasteiger partial charge in [-0.1, -0.05) is 33.6 Å². The Labute approximate surface area is 173 Å². The number of pyridine rings is 1. The molecule has 0 fully saturated rings. The maximum absolute atomic E-state index is 13.7. The summed E-state index contributed by atoms with van der Waals surface area (Å²) >= 11 is 9.74. The maximum atomic E-state index is 13.7. The van der Waals surface area contributed by atoms with E-state index in [-0.39, 0.29) is 5.39 Å². The number of fused-ring (bicyclic) bond motifs is 1. The molecule has 0 aliphatic carbocycles. The number of halogens is 3. The Kier molecular flexibility index (Phi) is 5.07. The molecule has 0 N–H and O–H groups in total. The Morgan fingerprint density at radius 1 is 1.07 bits per heavy atom. The molecule has 0 saturated carbocycles. The summed E-state index contributed by atoms with van der Waals surface area (Å²) in [5.41, 5.74) is 1.16. The minimum atomic E-state index is -0.503. The van der Waals surface area contributed by atoms with Crippen LogP contribution in [-0.4, -0.2) is 14.5 Å². The molecule has 2 heterocycles. The minimum absolute atomic E-state index is 0.175. The number of nitrogens with zero attached hydrogens (tertiary/aromatic N) is 3. The van der Waals surface area contributed by atoms with Crippen molar-refractivity contribution < 1.29 is 4.39 Å². The molecular weight excluding hydrogens is 445 g/mol. The Morgan fingerprint density at radius 2 is 1.93 bits per heavy atom. The summed E-state index contributed by atoms with van der Waals surface area (Å²) in [6.45, 7) is 0. The van der Waals surface area contributed by atoms with Crippen molar-refractivity contribution in [1.29, 1.82) is 0 Å². The van der Waals surface area contributed by atoms with Crippen LogP contribution in [-0.2, 0) is 0 Å². The van der Waals surface area contributed by atoms with Crippen LogP contribution in [0.3, 0.4) is 0 Å². The number of rotatable bonds is 3. The van der Waals surface area contributed by atoms with Crippen molar-refractivity contribution in [1.82, 2.24) is 14.5 Å². The highest BCUT2D eigenvalue weighted by molar-refractivity contribution is 9.10. The van der Waals surface area contributed by atoms with Crippen molar-refractivity contribution in [2.75, 3.05) is 0 Å². The molecule has 0 bridgehead atoms. The topological polar surface area (TPSA) is 47.8 Å². The molecule has 0 spiro atoms. The van der Waals surface area contributed by atoms with Gasteiger partial charge in [0.25, 0.3) is 5.56 Å². The first-order chi connectivity index (χ1) is 13.5. The van der Waals surface area contributed by atoms with Crippen molar-refractivity contribution in [3.63, 3.8) is 0 Å². The lowest BCUT2D eigenvalue weighted by Gasteiger charge is -2.13. The molecule has 0 amide bonds. The molecule has 2 aromatic carbocycles. The summed E-state index contributed by atoms with van der Waals surface area (Å²) in [4.78, 5) is 22.0. The average molecular weight is 457 g/mol. The summed E-state index contributed by atoms with van der Waals surface area (Å²) in [5.74, 6) is -0.143. The van der Waals surface area contributed by atoms with Gasteiger partial charge in [0.2, 0.25) is 0 Å². The fourth-order valence-corrected chi connectivity index (χ4v) is 3.57. The molecule has 4 aromatic rings. The first-order valence-corrected chi connectivity index (χ1v) is 9.47. The molecule has 28 heavy (non-hydrogen) atoms. The first-order valence-electron chi connectivity index (χ1n) is 8.30. The molecule has 0 aliphatic heterocycles. The second-order valence-electron chi connectivity index (χ2n) is 5.96. The van der Waals surface area contributed by atoms with E-state index in [1.165, 1.54) is 22.8 Å². The van der Waals surface area contributed by atoms with E-state index in [1.807, 2.05) is 18.2 Å². The van der Waals surface area contributed by atoms with Crippen LogP contribution in [0.5, 0.6) is 0 Å². The van der Waals surface area contributed by atoms with Gasteiger partial charge in [-0.05, 0) is 60.7 Å². The number of hydrogen-bond acceptors (Lipinski definition) is 3. The fourth-order valence-electron chi connectivity index (χ4n) is 2.82. The zero-order valence-corrected chi connectivity index (χ0v) is 16.7. The zero-order valence-electron chi connectivity index (χ0n) is 14.3. The molecule has 0 aliphatic rings. The first kappa shape index (κ1) is 18.5. The van der Waals surface area contributed by atoms with Gasteiger partial charge in [0.1, 0.15) is 11.6 Å². The third-order valence-corrected chi connectivity index (χ3v) is 4.89. The molecule has 0 radical (unpaired) electrons. The minimum Gasteiger partial charge on any atom is -0.268 e. The lowest BCUT2D eigenvalue weighted by molar-refractivity contribution is 0.629. The fraction of sp³-hybridized carbons (Fsp3) is 0. The van der Waals surface area contributed by atoms with Crippen LogP contribution in [0.2, 0.25) is 5.02 Å². The van der Waals surface area contributed by atoms with E-state index in [4.69, 9.17) is 11.6 Å². The summed E-state index contributed by atoms with van der Waals surface area (Å²) < 4.78 is 15.9. The predicted octanol–water partition coefficient (Wildman–Crippen LogP) is 5.51. The summed E-state index contributed by atoms with van der Waals surface area (Å²) in [6, 6.07) is 14.6. The lowest BCUT2D eigenvalue weighted by Crippen LogP contribution is -2.22. The predicted molar refractivity (Wildman–Crippen MR) is 113 cm³/mol. The van der Waals surface area contributed by atoms with Crippen LogP contribution in [0.1, 0.15) is 11.5 Å². The molecule has 0 atom stereocenters. The number of aromatic nitrogens is 3. The Morgan fingerprint density at radius 3 is 2.68 bits per heavy atom. The van der Waals surface area contributed by atoms with Gasteiger partial charge >= 0.3 is 0 Å². The largest absolute Gasteiger partial charge is 0.268 e. The van der Waals surface area contributed by atoms with E-state index in [2.05, 4.69) is 25.9 Å². The van der Waals surface area contributed by atoms with E-state index < -0.39 is 11.4 Å². The van der Waals surface area contributed by atoms with Crippen molar-refractivity contribution in [3.8, 4) is 5.69 Å². The average Bonchev–Trinajstić information content (AvgIpc) is 2.69. The third-order valence-electron chi connectivity index (χ3n) is 4.10. The second-order valence-corrected chi connectivity index (χ2v) is 7.28. The highest BCUT2D eigenvalue weighted by atomic mass is 79.9. The molecule has 0 unspecified atom stereocenters. The highest BCUT2D eigenvalue weighted by Crippen LogP contribution is 2.26. The molecule has 4 rings (SSSR count). The lowest BCUT2D eigenvalue weighted by atomic mass is 10.2. The molecule has 7 heteroatoms. The van der Waals surface area contributed by atoms with Crippen LogP contribution < -0.4 is 5.56 Å². The SMILES string of the molecule is O=c1c2cc(F)ccc2nc(C=Cc2ccccn2)n1-c1ccc(Br)cc1Cl. The van der Waals surface area contributed by atoms with Gasteiger partial charge in [0, 0.05) is 10.7 Å².